The summed E-state index contributed by atoms with van der Waals surface area (Å²) in [7, 11) is -2.06. The van der Waals surface area contributed by atoms with Crippen LogP contribution in [0.4, 0.5) is 0 Å². The molecule has 2 spiro atoms. The molecule has 50 heavy (non-hydrogen) atoms. The second kappa shape index (κ2) is 12.3. The van der Waals surface area contributed by atoms with Gasteiger partial charge in [0.2, 0.25) is 0 Å². The predicted octanol–water partition coefficient (Wildman–Crippen LogP) is 9.92. The third-order valence-electron chi connectivity index (χ3n) is 16.2. The van der Waals surface area contributed by atoms with Crippen molar-refractivity contribution < 1.29 is 4.43 Å². The fraction of sp³-hybridized carbons (Fsp3) is 0.762. The van der Waals surface area contributed by atoms with Crippen LogP contribution in [0, 0.1) is 46.3 Å². The number of hydrogen-bond donors (Lipinski definition) is 0. The average Bonchev–Trinajstić information content (AvgIpc) is 3.55. The molecule has 0 N–H and O–H groups in total. The lowest BCUT2D eigenvalue weighted by Gasteiger charge is -2.71. The Morgan fingerprint density at radius 1 is 0.900 bits per heavy atom. The van der Waals surface area contributed by atoms with Crippen LogP contribution in [0.3, 0.4) is 0 Å². The normalized spacial score (nSPS) is 37.3. The van der Waals surface area contributed by atoms with Crippen LogP contribution in [0.2, 0.25) is 18.1 Å². The molecular weight excluding hydrogens is 749 g/mol. The highest BCUT2D eigenvalue weighted by molar-refractivity contribution is 14.1. The maximum Gasteiger partial charge on any atom is 0.352 e. The molecular formula is C42H64IN3O3Si. The highest BCUT2D eigenvalue weighted by Crippen LogP contribution is 2.74. The lowest BCUT2D eigenvalue weighted by Crippen LogP contribution is -2.76. The van der Waals surface area contributed by atoms with Crippen molar-refractivity contribution in [1.29, 1.82) is 0 Å². The van der Waals surface area contributed by atoms with Gasteiger partial charge in [-0.15, -0.1) is 0 Å². The Hall–Kier alpha value is -1.39. The number of aromatic nitrogens is 3. The van der Waals surface area contributed by atoms with Gasteiger partial charge in [-0.25, -0.2) is 23.5 Å². The number of hydrogen-bond acceptors (Lipinski definition) is 3. The number of allylic oxidation sites excluding steroid dienone is 2. The van der Waals surface area contributed by atoms with Crippen LogP contribution < -0.4 is 11.4 Å². The summed E-state index contributed by atoms with van der Waals surface area (Å²) in [6.07, 6.45) is 15.0. The number of halogens is 1. The smallest absolute Gasteiger partial charge is 0.352 e. The Labute approximate surface area is 316 Å². The van der Waals surface area contributed by atoms with E-state index in [9.17, 15) is 0 Å². The monoisotopic (exact) mass is 813 g/mol. The Morgan fingerprint density at radius 3 is 2.22 bits per heavy atom. The Kier molecular flexibility index (Phi) is 9.11. The van der Waals surface area contributed by atoms with E-state index < -0.39 is 19.4 Å². The first-order valence-electron chi connectivity index (χ1n) is 19.9. The molecule has 3 fully saturated rings. The van der Waals surface area contributed by atoms with Crippen molar-refractivity contribution in [3.05, 3.63) is 63.5 Å². The van der Waals surface area contributed by atoms with Gasteiger partial charge in [0, 0.05) is 22.4 Å². The van der Waals surface area contributed by atoms with Crippen molar-refractivity contribution in [1.82, 2.24) is 13.9 Å². The van der Waals surface area contributed by atoms with Gasteiger partial charge < -0.3 is 4.43 Å². The number of benzene rings is 1. The lowest BCUT2D eigenvalue weighted by atomic mass is 9.40. The minimum atomic E-state index is -2.06. The number of rotatable bonds is 9. The number of para-hydroxylation sites is 1. The first kappa shape index (κ1) is 36.9. The van der Waals surface area contributed by atoms with Crippen molar-refractivity contribution >= 4 is 30.9 Å². The number of alkyl halides is 1. The molecule has 0 saturated heterocycles. The van der Waals surface area contributed by atoms with E-state index in [0.29, 0.717) is 29.4 Å². The van der Waals surface area contributed by atoms with Crippen LogP contribution in [0.15, 0.2) is 52.1 Å². The maximum absolute atomic E-state index is 15.1. The Bertz CT molecular complexity index is 1750. The zero-order valence-corrected chi connectivity index (χ0v) is 35.8. The summed E-state index contributed by atoms with van der Waals surface area (Å²) in [5.74, 6) is 3.37. The summed E-state index contributed by atoms with van der Waals surface area (Å²) in [4.78, 5) is 30.2. The van der Waals surface area contributed by atoms with E-state index in [1.165, 1.54) is 34.7 Å². The van der Waals surface area contributed by atoms with Crippen molar-refractivity contribution in [3.63, 3.8) is 0 Å². The minimum Gasteiger partial charge on any atom is -0.414 e. The summed E-state index contributed by atoms with van der Waals surface area (Å²) < 4.78 is 14.0. The van der Waals surface area contributed by atoms with Gasteiger partial charge >= 0.3 is 11.4 Å². The molecule has 0 radical (unpaired) electrons. The van der Waals surface area contributed by atoms with E-state index in [0.717, 1.165) is 43.9 Å². The lowest BCUT2D eigenvalue weighted by molar-refractivity contribution is -0.199. The van der Waals surface area contributed by atoms with E-state index >= 15 is 9.59 Å². The van der Waals surface area contributed by atoms with E-state index in [2.05, 4.69) is 108 Å². The topological polar surface area (TPSA) is 58.2 Å². The number of nitrogens with zero attached hydrogens (tertiary/aromatic N) is 3. The third kappa shape index (κ3) is 4.97. The second-order valence-electron chi connectivity index (χ2n) is 19.7. The molecule has 8 rings (SSSR count). The molecule has 1 aromatic heterocycles. The van der Waals surface area contributed by atoms with Crippen LogP contribution in [0.25, 0.3) is 5.69 Å². The zero-order chi connectivity index (χ0) is 36.2. The van der Waals surface area contributed by atoms with Gasteiger partial charge in [0.25, 0.3) is 0 Å². The molecule has 1 aromatic carbocycles. The van der Waals surface area contributed by atoms with E-state index in [-0.39, 0.29) is 33.4 Å². The number of fused-ring (bicyclic) bond motifs is 1. The van der Waals surface area contributed by atoms with E-state index in [1.807, 2.05) is 35.0 Å². The maximum atomic E-state index is 15.1. The molecule has 10 atom stereocenters. The molecule has 3 saturated carbocycles. The summed E-state index contributed by atoms with van der Waals surface area (Å²) >= 11 is 2.59. The summed E-state index contributed by atoms with van der Waals surface area (Å²) in [5, 5.41) is 0.0982. The molecule has 276 valence electrons. The van der Waals surface area contributed by atoms with Gasteiger partial charge in [-0.2, -0.15) is 0 Å². The molecule has 0 amide bonds. The van der Waals surface area contributed by atoms with Gasteiger partial charge in [0.15, 0.2) is 8.32 Å². The van der Waals surface area contributed by atoms with Crippen LogP contribution >= 0.6 is 22.6 Å². The van der Waals surface area contributed by atoms with E-state index in [1.54, 1.807) is 0 Å². The van der Waals surface area contributed by atoms with Crippen molar-refractivity contribution in [2.45, 2.75) is 148 Å². The molecule has 2 aliphatic heterocycles. The molecule has 2 bridgehead atoms. The van der Waals surface area contributed by atoms with Gasteiger partial charge in [0.05, 0.1) is 16.8 Å². The fourth-order valence-corrected chi connectivity index (χ4v) is 15.2. The Balaban J connectivity index is 1.37. The van der Waals surface area contributed by atoms with Gasteiger partial charge in [-0.05, 0) is 116 Å². The van der Waals surface area contributed by atoms with Crippen LogP contribution in [-0.4, -0.2) is 32.8 Å². The molecule has 4 aliphatic carbocycles. The predicted molar refractivity (Wildman–Crippen MR) is 216 cm³/mol. The first-order chi connectivity index (χ1) is 23.4. The van der Waals surface area contributed by atoms with Crippen LogP contribution in [0.5, 0.6) is 0 Å². The highest BCUT2D eigenvalue weighted by atomic mass is 127. The standard InChI is InChI=1S/C42H64IN3O3Si/c1-28(2)30(27-43)17-16-29(3)33-18-19-34-39(33,7)22-21-35-40(8)23-20-32(49-50(9,10)38(4,5)6)26-41(40)24-25-42(34,35)46-37(48)44(36(47)45(41)46)31-14-12-11-13-15-31/h11-15,24-25,28-30,32-35H,16-23,26-27H2,1-10H3/t29-,30?,32+,33-,34-,35-,39-,40-,41-,42+/m1/s1. The molecule has 6 nitrogen and oxygen atoms in total. The quantitative estimate of drug-likeness (QED) is 0.110. The van der Waals surface area contributed by atoms with Crippen molar-refractivity contribution in [2.24, 2.45) is 46.3 Å². The summed E-state index contributed by atoms with van der Waals surface area (Å²) in [5.41, 5.74) is -0.829. The minimum absolute atomic E-state index is 0.0533. The molecule has 1 unspecified atom stereocenters. The van der Waals surface area contributed by atoms with Crippen molar-refractivity contribution in [3.8, 4) is 5.69 Å². The first-order valence-corrected chi connectivity index (χ1v) is 24.3. The summed E-state index contributed by atoms with van der Waals surface area (Å²) in [6.45, 7) is 24.0. The largest absolute Gasteiger partial charge is 0.414 e. The Morgan fingerprint density at radius 2 is 1.58 bits per heavy atom. The third-order valence-corrected chi connectivity index (χ3v) is 21.9. The summed E-state index contributed by atoms with van der Waals surface area (Å²) in [6, 6.07) is 9.66. The molecule has 6 aliphatic rings. The SMILES string of the molecule is CC(C)C(CI)CC[C@@H](C)[C@H]1CC[C@@H]2[C@]1(C)CC[C@H]1[C@]23C=C[C@]2(C[C@@H](O[Si](C)(C)C(C)(C)C)CC[C@]12C)n1c(=O)n(-c2ccccc2)c(=O)n13. The van der Waals surface area contributed by atoms with Crippen LogP contribution in [-0.2, 0) is 15.5 Å². The molecule has 3 heterocycles. The van der Waals surface area contributed by atoms with Gasteiger partial charge in [0.1, 0.15) is 0 Å². The molecule has 8 heteroatoms. The van der Waals surface area contributed by atoms with Gasteiger partial charge in [-0.3, -0.25) is 0 Å². The van der Waals surface area contributed by atoms with Gasteiger partial charge in [-0.1, -0.05) is 115 Å². The van der Waals surface area contributed by atoms with E-state index in [4.69, 9.17) is 4.43 Å². The fourth-order valence-electron chi connectivity index (χ4n) is 12.3. The van der Waals surface area contributed by atoms with Crippen LogP contribution in [0.1, 0.15) is 113 Å². The average molecular weight is 814 g/mol. The second-order valence-corrected chi connectivity index (χ2v) is 25.3. The highest BCUT2D eigenvalue weighted by Gasteiger charge is 2.75. The zero-order valence-electron chi connectivity index (χ0n) is 32.6. The van der Waals surface area contributed by atoms with Crippen molar-refractivity contribution in [2.75, 3.05) is 4.43 Å². The molecule has 2 aromatic rings.